The molecule has 0 saturated heterocycles. The monoisotopic (exact) mass is 250 g/mol. The Bertz CT molecular complexity index is 416. The summed E-state index contributed by atoms with van der Waals surface area (Å²) in [7, 11) is 0. The molecular weight excluding hydrogens is 228 g/mol. The SMILES string of the molecule is CCC(C)(C)NC(=O)C(C)Oc1cccc(N)c1. The molecule has 1 aromatic carbocycles. The second-order valence-electron chi connectivity index (χ2n) is 5.06. The predicted molar refractivity (Wildman–Crippen MR) is 73.5 cm³/mol. The van der Waals surface area contributed by atoms with Gasteiger partial charge in [-0.3, -0.25) is 4.79 Å². The van der Waals surface area contributed by atoms with Crippen LogP contribution < -0.4 is 15.8 Å². The van der Waals surface area contributed by atoms with E-state index in [1.54, 1.807) is 31.2 Å². The fourth-order valence-electron chi connectivity index (χ4n) is 1.37. The number of amides is 1. The van der Waals surface area contributed by atoms with Gasteiger partial charge in [-0.15, -0.1) is 0 Å². The first-order chi connectivity index (χ1) is 8.34. The lowest BCUT2D eigenvalue weighted by molar-refractivity contribution is -0.128. The first-order valence-electron chi connectivity index (χ1n) is 6.18. The Labute approximate surface area is 109 Å². The van der Waals surface area contributed by atoms with Crippen LogP contribution in [0.25, 0.3) is 0 Å². The average Bonchev–Trinajstić information content (AvgIpc) is 2.28. The van der Waals surface area contributed by atoms with Gasteiger partial charge in [-0.05, 0) is 39.3 Å². The van der Waals surface area contributed by atoms with Crippen LogP contribution in [0.3, 0.4) is 0 Å². The molecule has 0 aliphatic rings. The topological polar surface area (TPSA) is 64.3 Å². The van der Waals surface area contributed by atoms with Crippen molar-refractivity contribution < 1.29 is 9.53 Å². The largest absolute Gasteiger partial charge is 0.481 e. The number of ether oxygens (including phenoxy) is 1. The summed E-state index contributed by atoms with van der Waals surface area (Å²) in [6, 6.07) is 7.06. The minimum absolute atomic E-state index is 0.121. The number of carbonyl (C=O) groups excluding carboxylic acids is 1. The molecule has 1 atom stereocenters. The van der Waals surface area contributed by atoms with E-state index in [4.69, 9.17) is 10.5 Å². The third-order valence-corrected chi connectivity index (χ3v) is 2.89. The summed E-state index contributed by atoms with van der Waals surface area (Å²) in [5, 5.41) is 2.95. The van der Waals surface area contributed by atoms with Crippen LogP contribution in [0.1, 0.15) is 34.1 Å². The third kappa shape index (κ3) is 4.28. The van der Waals surface area contributed by atoms with Gasteiger partial charge in [0, 0.05) is 17.3 Å². The molecule has 1 aromatic rings. The molecule has 1 rings (SSSR count). The molecule has 0 heterocycles. The normalized spacial score (nSPS) is 12.9. The maximum Gasteiger partial charge on any atom is 0.261 e. The van der Waals surface area contributed by atoms with Crippen molar-refractivity contribution >= 4 is 11.6 Å². The molecule has 4 nitrogen and oxygen atoms in total. The van der Waals surface area contributed by atoms with Gasteiger partial charge in [0.05, 0.1) is 0 Å². The summed E-state index contributed by atoms with van der Waals surface area (Å²) in [6.07, 6.45) is 0.321. The van der Waals surface area contributed by atoms with Gasteiger partial charge in [-0.1, -0.05) is 13.0 Å². The fraction of sp³-hybridized carbons (Fsp3) is 0.500. The van der Waals surface area contributed by atoms with Crippen molar-refractivity contribution in [1.29, 1.82) is 0 Å². The van der Waals surface area contributed by atoms with Crippen LogP contribution in [0.2, 0.25) is 0 Å². The molecule has 0 aliphatic heterocycles. The number of carbonyl (C=O) groups is 1. The zero-order valence-corrected chi connectivity index (χ0v) is 11.5. The van der Waals surface area contributed by atoms with Crippen molar-refractivity contribution in [3.63, 3.8) is 0 Å². The zero-order valence-electron chi connectivity index (χ0n) is 11.5. The van der Waals surface area contributed by atoms with E-state index < -0.39 is 6.10 Å². The molecule has 1 unspecified atom stereocenters. The second-order valence-corrected chi connectivity index (χ2v) is 5.06. The van der Waals surface area contributed by atoms with Crippen LogP contribution in [0.4, 0.5) is 5.69 Å². The number of benzene rings is 1. The van der Waals surface area contributed by atoms with Crippen molar-refractivity contribution in [1.82, 2.24) is 5.32 Å². The minimum atomic E-state index is -0.544. The highest BCUT2D eigenvalue weighted by Crippen LogP contribution is 2.16. The van der Waals surface area contributed by atoms with E-state index in [1.165, 1.54) is 0 Å². The van der Waals surface area contributed by atoms with Gasteiger partial charge in [0.2, 0.25) is 0 Å². The number of hydrogen-bond acceptors (Lipinski definition) is 3. The summed E-state index contributed by atoms with van der Waals surface area (Å²) < 4.78 is 5.56. The van der Waals surface area contributed by atoms with E-state index in [0.717, 1.165) is 6.42 Å². The first-order valence-corrected chi connectivity index (χ1v) is 6.18. The van der Waals surface area contributed by atoms with Gasteiger partial charge in [-0.25, -0.2) is 0 Å². The molecule has 0 spiro atoms. The lowest BCUT2D eigenvalue weighted by Crippen LogP contribution is -2.48. The maximum absolute atomic E-state index is 11.9. The van der Waals surface area contributed by atoms with Crippen molar-refractivity contribution in [2.45, 2.75) is 45.8 Å². The summed E-state index contributed by atoms with van der Waals surface area (Å²) in [5.41, 5.74) is 6.05. The number of nitrogens with one attached hydrogen (secondary N) is 1. The molecule has 100 valence electrons. The van der Waals surface area contributed by atoms with Crippen LogP contribution in [0.15, 0.2) is 24.3 Å². The van der Waals surface area contributed by atoms with E-state index in [2.05, 4.69) is 5.32 Å². The van der Waals surface area contributed by atoms with E-state index >= 15 is 0 Å². The third-order valence-electron chi connectivity index (χ3n) is 2.89. The minimum Gasteiger partial charge on any atom is -0.481 e. The summed E-state index contributed by atoms with van der Waals surface area (Å²) in [4.78, 5) is 11.9. The summed E-state index contributed by atoms with van der Waals surface area (Å²) in [6.45, 7) is 7.73. The first kappa shape index (κ1) is 14.4. The molecule has 1 amide bonds. The second kappa shape index (κ2) is 5.76. The molecule has 0 fully saturated rings. The Balaban J connectivity index is 2.60. The van der Waals surface area contributed by atoms with E-state index in [0.29, 0.717) is 11.4 Å². The molecule has 0 radical (unpaired) electrons. The molecule has 18 heavy (non-hydrogen) atoms. The van der Waals surface area contributed by atoms with Crippen molar-refractivity contribution in [3.8, 4) is 5.75 Å². The average molecular weight is 250 g/mol. The molecular formula is C14H22N2O2. The lowest BCUT2D eigenvalue weighted by atomic mass is 10.0. The Morgan fingerprint density at radius 1 is 1.50 bits per heavy atom. The highest BCUT2D eigenvalue weighted by Gasteiger charge is 2.22. The van der Waals surface area contributed by atoms with E-state index in [1.807, 2.05) is 20.8 Å². The van der Waals surface area contributed by atoms with Gasteiger partial charge >= 0.3 is 0 Å². The highest BCUT2D eigenvalue weighted by molar-refractivity contribution is 5.81. The number of rotatable bonds is 5. The number of hydrogen-bond donors (Lipinski definition) is 2. The van der Waals surface area contributed by atoms with Crippen LogP contribution in [-0.4, -0.2) is 17.6 Å². The van der Waals surface area contributed by atoms with Gasteiger partial charge in [-0.2, -0.15) is 0 Å². The molecule has 0 aliphatic carbocycles. The van der Waals surface area contributed by atoms with Crippen molar-refractivity contribution in [2.24, 2.45) is 0 Å². The number of anilines is 1. The molecule has 0 aromatic heterocycles. The van der Waals surface area contributed by atoms with Crippen molar-refractivity contribution in [2.75, 3.05) is 5.73 Å². The highest BCUT2D eigenvalue weighted by atomic mass is 16.5. The number of nitrogens with two attached hydrogens (primary N) is 1. The van der Waals surface area contributed by atoms with Gasteiger partial charge in [0.1, 0.15) is 5.75 Å². The quantitative estimate of drug-likeness (QED) is 0.788. The molecule has 0 saturated carbocycles. The van der Waals surface area contributed by atoms with E-state index in [-0.39, 0.29) is 11.4 Å². The van der Waals surface area contributed by atoms with Crippen LogP contribution in [0.5, 0.6) is 5.75 Å². The lowest BCUT2D eigenvalue weighted by Gasteiger charge is -2.26. The van der Waals surface area contributed by atoms with E-state index in [9.17, 15) is 4.79 Å². The van der Waals surface area contributed by atoms with Gasteiger partial charge in [0.15, 0.2) is 6.10 Å². The Hall–Kier alpha value is -1.71. The smallest absolute Gasteiger partial charge is 0.261 e. The summed E-state index contributed by atoms with van der Waals surface area (Å²) in [5.74, 6) is 0.483. The Morgan fingerprint density at radius 2 is 2.17 bits per heavy atom. The molecule has 3 N–H and O–H groups in total. The predicted octanol–water partition coefficient (Wildman–Crippen LogP) is 2.34. The maximum atomic E-state index is 11.9. The fourth-order valence-corrected chi connectivity index (χ4v) is 1.37. The number of nitrogen functional groups attached to an aromatic ring is 1. The van der Waals surface area contributed by atoms with Crippen LogP contribution in [0, 0.1) is 0 Å². The zero-order chi connectivity index (χ0) is 13.8. The van der Waals surface area contributed by atoms with Gasteiger partial charge < -0.3 is 15.8 Å². The Morgan fingerprint density at radius 3 is 2.72 bits per heavy atom. The Kier molecular flexibility index (Phi) is 4.59. The van der Waals surface area contributed by atoms with Gasteiger partial charge in [0.25, 0.3) is 5.91 Å². The molecule has 0 bridgehead atoms. The van der Waals surface area contributed by atoms with Crippen LogP contribution >= 0.6 is 0 Å². The standard InChI is InChI=1S/C14H22N2O2/c1-5-14(3,4)16-13(17)10(2)18-12-8-6-7-11(15)9-12/h6-10H,5,15H2,1-4H3,(H,16,17). The van der Waals surface area contributed by atoms with Crippen LogP contribution in [-0.2, 0) is 4.79 Å². The van der Waals surface area contributed by atoms with Crippen molar-refractivity contribution in [3.05, 3.63) is 24.3 Å². The molecule has 4 heteroatoms. The summed E-state index contributed by atoms with van der Waals surface area (Å²) >= 11 is 0.